The van der Waals surface area contributed by atoms with Gasteiger partial charge in [-0.2, -0.15) is 18.2 Å². The summed E-state index contributed by atoms with van der Waals surface area (Å²) in [5.41, 5.74) is -0.975. The van der Waals surface area contributed by atoms with Crippen LogP contribution in [0.25, 0.3) is 5.65 Å². The maximum absolute atomic E-state index is 12.7. The molecule has 0 saturated carbocycles. The van der Waals surface area contributed by atoms with Crippen LogP contribution in [0.3, 0.4) is 0 Å². The number of anilines is 1. The summed E-state index contributed by atoms with van der Waals surface area (Å²) in [6.45, 7) is 1.35. The Labute approximate surface area is 115 Å². The van der Waals surface area contributed by atoms with Gasteiger partial charge in [0.15, 0.2) is 5.65 Å². The number of pyridine rings is 1. The number of halogens is 4. The maximum atomic E-state index is 12.7. The molecule has 2 aromatic heterocycles. The van der Waals surface area contributed by atoms with E-state index >= 15 is 0 Å². The van der Waals surface area contributed by atoms with Gasteiger partial charge in [-0.3, -0.25) is 4.79 Å². The second kappa shape index (κ2) is 4.82. The molecule has 2 aromatic rings. The van der Waals surface area contributed by atoms with E-state index in [4.69, 9.17) is 16.7 Å². The number of carboxylic acid groups (broad SMARTS) is 1. The summed E-state index contributed by atoms with van der Waals surface area (Å²) in [6.07, 6.45) is -3.92. The van der Waals surface area contributed by atoms with Crippen LogP contribution in [0.4, 0.5) is 19.1 Å². The van der Waals surface area contributed by atoms with Crippen molar-refractivity contribution in [2.45, 2.75) is 19.1 Å². The first-order valence-corrected chi connectivity index (χ1v) is 5.68. The summed E-state index contributed by atoms with van der Waals surface area (Å²) in [5, 5.41) is 14.4. The molecule has 2 N–H and O–H groups in total. The number of fused-ring (bicyclic) bond motifs is 1. The highest BCUT2D eigenvalue weighted by Gasteiger charge is 2.34. The molecule has 0 aliphatic heterocycles. The van der Waals surface area contributed by atoms with Gasteiger partial charge in [0.1, 0.15) is 6.04 Å². The molecule has 20 heavy (non-hydrogen) atoms. The van der Waals surface area contributed by atoms with Crippen molar-refractivity contribution in [3.05, 3.63) is 22.8 Å². The number of carbonyl (C=O) groups is 1. The van der Waals surface area contributed by atoms with Crippen molar-refractivity contribution in [3.63, 3.8) is 0 Å². The van der Waals surface area contributed by atoms with Crippen LogP contribution in [-0.4, -0.2) is 31.7 Å². The number of carboxylic acids is 1. The normalized spacial score (nSPS) is 13.4. The van der Waals surface area contributed by atoms with Crippen LogP contribution < -0.4 is 5.32 Å². The number of aromatic nitrogens is 3. The lowest BCUT2D eigenvalue weighted by atomic mass is 10.3. The molecule has 0 radical (unpaired) electrons. The topological polar surface area (TPSA) is 79.5 Å². The van der Waals surface area contributed by atoms with Crippen molar-refractivity contribution in [1.29, 1.82) is 0 Å². The largest absolute Gasteiger partial charge is 0.480 e. The standard InChI is InChI=1S/C10H8ClF3N4O2/c1-4(8(19)20)15-9-16-7-2-6(11)5(10(12,13)14)3-18(7)17-9/h2-4H,1H3,(H,15,17)(H,19,20). The van der Waals surface area contributed by atoms with Gasteiger partial charge in [0.2, 0.25) is 5.95 Å². The average molecular weight is 309 g/mol. The SMILES string of the molecule is CC(Nc1nc2cc(Cl)c(C(F)(F)F)cn2n1)C(=O)O. The second-order valence-corrected chi connectivity index (χ2v) is 4.38. The van der Waals surface area contributed by atoms with E-state index in [1.54, 1.807) is 0 Å². The van der Waals surface area contributed by atoms with E-state index in [9.17, 15) is 18.0 Å². The molecule has 0 amide bonds. The molecule has 1 atom stereocenters. The Morgan fingerprint density at radius 3 is 2.75 bits per heavy atom. The Bertz CT molecular complexity index is 670. The Morgan fingerprint density at radius 1 is 1.55 bits per heavy atom. The van der Waals surface area contributed by atoms with Crippen molar-refractivity contribution in [2.24, 2.45) is 0 Å². The van der Waals surface area contributed by atoms with Crippen molar-refractivity contribution < 1.29 is 23.1 Å². The van der Waals surface area contributed by atoms with Crippen molar-refractivity contribution in [2.75, 3.05) is 5.32 Å². The zero-order valence-electron chi connectivity index (χ0n) is 9.94. The first-order valence-electron chi connectivity index (χ1n) is 5.31. The molecular weight excluding hydrogens is 301 g/mol. The molecule has 2 heterocycles. The van der Waals surface area contributed by atoms with E-state index in [-0.39, 0.29) is 11.6 Å². The zero-order chi connectivity index (χ0) is 15.1. The number of hydrogen-bond donors (Lipinski definition) is 2. The Morgan fingerprint density at radius 2 is 2.20 bits per heavy atom. The molecule has 0 fully saturated rings. The van der Waals surface area contributed by atoms with Crippen LogP contribution in [0.2, 0.25) is 5.02 Å². The fraction of sp³-hybridized carbons (Fsp3) is 0.300. The van der Waals surface area contributed by atoms with Crippen LogP contribution >= 0.6 is 11.6 Å². The van der Waals surface area contributed by atoms with E-state index in [1.807, 2.05) is 0 Å². The van der Waals surface area contributed by atoms with Crippen LogP contribution in [0.1, 0.15) is 12.5 Å². The van der Waals surface area contributed by atoms with Crippen molar-refractivity contribution in [1.82, 2.24) is 14.6 Å². The third-order valence-corrected chi connectivity index (χ3v) is 2.76. The fourth-order valence-corrected chi connectivity index (χ4v) is 1.68. The Kier molecular flexibility index (Phi) is 3.46. The summed E-state index contributed by atoms with van der Waals surface area (Å²) in [6, 6.07) is 0.0264. The fourth-order valence-electron chi connectivity index (χ4n) is 1.43. The monoisotopic (exact) mass is 308 g/mol. The Balaban J connectivity index is 2.42. The van der Waals surface area contributed by atoms with Gasteiger partial charge in [-0.05, 0) is 6.92 Å². The molecule has 0 spiro atoms. The first kappa shape index (κ1) is 14.4. The maximum Gasteiger partial charge on any atom is 0.419 e. The zero-order valence-corrected chi connectivity index (χ0v) is 10.7. The molecular formula is C10H8ClF3N4O2. The molecule has 0 bridgehead atoms. The lowest BCUT2D eigenvalue weighted by Gasteiger charge is -2.08. The van der Waals surface area contributed by atoms with Gasteiger partial charge in [0.25, 0.3) is 0 Å². The number of nitrogens with one attached hydrogen (secondary N) is 1. The molecule has 1 unspecified atom stereocenters. The van der Waals surface area contributed by atoms with Gasteiger partial charge in [-0.1, -0.05) is 11.6 Å². The van der Waals surface area contributed by atoms with Crippen LogP contribution in [0.5, 0.6) is 0 Å². The van der Waals surface area contributed by atoms with E-state index in [0.29, 0.717) is 6.20 Å². The molecule has 0 saturated heterocycles. The number of rotatable bonds is 3. The summed E-state index contributed by atoms with van der Waals surface area (Å²) >= 11 is 5.54. The number of nitrogens with zero attached hydrogens (tertiary/aromatic N) is 3. The van der Waals surface area contributed by atoms with Crippen LogP contribution in [0, 0.1) is 0 Å². The molecule has 6 nitrogen and oxygen atoms in total. The highest BCUT2D eigenvalue weighted by Crippen LogP contribution is 2.34. The predicted molar refractivity (Wildman–Crippen MR) is 63.7 cm³/mol. The van der Waals surface area contributed by atoms with Crippen LogP contribution in [0.15, 0.2) is 12.3 Å². The Hall–Kier alpha value is -2.03. The minimum atomic E-state index is -4.61. The highest BCUT2D eigenvalue weighted by atomic mass is 35.5. The predicted octanol–water partition coefficient (Wildman–Crippen LogP) is 2.29. The molecule has 0 aliphatic rings. The lowest BCUT2D eigenvalue weighted by molar-refractivity contribution is -0.138. The van der Waals surface area contributed by atoms with E-state index in [2.05, 4.69) is 15.4 Å². The van der Waals surface area contributed by atoms with Crippen molar-refractivity contribution >= 4 is 29.2 Å². The minimum Gasteiger partial charge on any atom is -0.480 e. The highest BCUT2D eigenvalue weighted by molar-refractivity contribution is 6.31. The third kappa shape index (κ3) is 2.77. The summed E-state index contributed by atoms with van der Waals surface area (Å²) < 4.78 is 38.9. The third-order valence-electron chi connectivity index (χ3n) is 2.44. The van der Waals surface area contributed by atoms with Gasteiger partial charge < -0.3 is 10.4 Å². The number of hydrogen-bond acceptors (Lipinski definition) is 4. The van der Waals surface area contributed by atoms with E-state index in [0.717, 1.165) is 10.6 Å². The minimum absolute atomic E-state index is 0.0723. The van der Waals surface area contributed by atoms with Gasteiger partial charge in [-0.15, -0.1) is 5.10 Å². The number of aliphatic carboxylic acids is 1. The van der Waals surface area contributed by atoms with Crippen LogP contribution in [-0.2, 0) is 11.0 Å². The quantitative estimate of drug-likeness (QED) is 0.909. The average Bonchev–Trinajstić information content (AvgIpc) is 2.67. The summed E-state index contributed by atoms with van der Waals surface area (Å²) in [5.74, 6) is -1.24. The molecule has 108 valence electrons. The summed E-state index contributed by atoms with van der Waals surface area (Å²) in [7, 11) is 0. The molecule has 2 rings (SSSR count). The molecule has 0 aromatic carbocycles. The first-order chi connectivity index (χ1) is 9.18. The molecule has 10 heteroatoms. The molecule has 0 aliphatic carbocycles. The lowest BCUT2D eigenvalue weighted by Crippen LogP contribution is -2.25. The van der Waals surface area contributed by atoms with E-state index < -0.39 is 28.8 Å². The summed E-state index contributed by atoms with van der Waals surface area (Å²) in [4.78, 5) is 14.5. The van der Waals surface area contributed by atoms with Gasteiger partial charge in [0, 0.05) is 12.3 Å². The smallest absolute Gasteiger partial charge is 0.419 e. The second-order valence-electron chi connectivity index (χ2n) is 3.98. The number of alkyl halides is 3. The van der Waals surface area contributed by atoms with E-state index in [1.165, 1.54) is 6.92 Å². The van der Waals surface area contributed by atoms with Crippen molar-refractivity contribution in [3.8, 4) is 0 Å². The van der Waals surface area contributed by atoms with Gasteiger partial charge in [0.05, 0.1) is 10.6 Å². The van der Waals surface area contributed by atoms with Gasteiger partial charge in [-0.25, -0.2) is 4.52 Å². The van der Waals surface area contributed by atoms with Gasteiger partial charge >= 0.3 is 12.1 Å².